The number of hydrogen-bond acceptors (Lipinski definition) is 7. The molecule has 6 unspecified atom stereocenters. The Labute approximate surface area is 222 Å². The van der Waals surface area contributed by atoms with E-state index in [4.69, 9.17) is 14.2 Å². The first-order valence-electron chi connectivity index (χ1n) is 12.9. The molecular weight excluding hydrogens is 497 g/mol. The molecule has 10 nitrogen and oxygen atoms in total. The van der Waals surface area contributed by atoms with Crippen LogP contribution in [0.3, 0.4) is 0 Å². The Kier molecular flexibility index (Phi) is 9.01. The van der Waals surface area contributed by atoms with Crippen LogP contribution in [0.5, 0.6) is 5.75 Å². The molecule has 3 rings (SSSR count). The average molecular weight is 536 g/mol. The first-order chi connectivity index (χ1) is 17.8. The molecule has 11 heteroatoms. The monoisotopic (exact) mass is 535 g/mol. The van der Waals surface area contributed by atoms with Crippen LogP contribution in [-0.4, -0.2) is 72.8 Å². The summed E-state index contributed by atoms with van der Waals surface area (Å²) in [6, 6.07) is 1.32. The third-order valence-corrected chi connectivity index (χ3v) is 6.99. The van der Waals surface area contributed by atoms with Gasteiger partial charge in [0.05, 0.1) is 19.1 Å². The van der Waals surface area contributed by atoms with E-state index in [0.717, 1.165) is 0 Å². The fourth-order valence-electron chi connectivity index (χ4n) is 5.16. The molecule has 2 saturated heterocycles. The number of carbonyl (C=O) groups is 4. The summed E-state index contributed by atoms with van der Waals surface area (Å²) in [5.41, 5.74) is -1.02. The molecule has 0 spiro atoms. The number of esters is 1. The lowest BCUT2D eigenvalue weighted by atomic mass is 9.85. The van der Waals surface area contributed by atoms with E-state index in [9.17, 15) is 23.6 Å². The molecule has 2 heterocycles. The second-order valence-electron chi connectivity index (χ2n) is 11.0. The largest absolute Gasteiger partial charge is 0.494 e. The highest BCUT2D eigenvalue weighted by atomic mass is 19.1. The quantitative estimate of drug-likeness (QED) is 0.490. The van der Waals surface area contributed by atoms with Crippen LogP contribution in [-0.2, 0) is 23.9 Å². The summed E-state index contributed by atoms with van der Waals surface area (Å²) in [6.45, 7) is 11.1. The molecule has 1 aromatic carbocycles. The number of ether oxygens (including phenoxy) is 3. The predicted molar refractivity (Wildman–Crippen MR) is 136 cm³/mol. The highest BCUT2D eigenvalue weighted by Crippen LogP contribution is 2.34. The average Bonchev–Trinajstić information content (AvgIpc) is 3.33. The van der Waals surface area contributed by atoms with Crippen LogP contribution in [0.2, 0.25) is 0 Å². The normalized spacial score (nSPS) is 26.1. The zero-order valence-electron chi connectivity index (χ0n) is 23.0. The van der Waals surface area contributed by atoms with Gasteiger partial charge in [-0.3, -0.25) is 19.2 Å². The van der Waals surface area contributed by atoms with Gasteiger partial charge in [-0.2, -0.15) is 0 Å². The standard InChI is InChI=1S/C27H38FN3O7/c1-8-37-26-17(13-19(32)38-26)29-24(34)21-14(2)12-15(3)31(21)25(35)22(27(4,5)6)30-23(33)16-10-9-11-18(36-7)20(16)28/h9-11,14-15,17,21-22,26H,8,12-13H2,1-7H3,(H,29,34)(H,30,33). The van der Waals surface area contributed by atoms with Gasteiger partial charge in [-0.05, 0) is 43.7 Å². The Morgan fingerprint density at radius 2 is 1.92 bits per heavy atom. The number of nitrogens with zero attached hydrogens (tertiary/aromatic N) is 1. The van der Waals surface area contributed by atoms with Crippen LogP contribution in [0.25, 0.3) is 0 Å². The van der Waals surface area contributed by atoms with Gasteiger partial charge in [-0.1, -0.05) is 33.8 Å². The summed E-state index contributed by atoms with van der Waals surface area (Å²) >= 11 is 0. The minimum absolute atomic E-state index is 0.0339. The van der Waals surface area contributed by atoms with E-state index in [1.165, 1.54) is 30.2 Å². The molecule has 2 N–H and O–H groups in total. The first-order valence-corrected chi connectivity index (χ1v) is 12.9. The predicted octanol–water partition coefficient (Wildman–Crippen LogP) is 2.40. The summed E-state index contributed by atoms with van der Waals surface area (Å²) in [6.07, 6.45) is -0.365. The van der Waals surface area contributed by atoms with Gasteiger partial charge in [0.25, 0.3) is 5.91 Å². The molecule has 0 bridgehead atoms. The van der Waals surface area contributed by atoms with Crippen molar-refractivity contribution in [3.05, 3.63) is 29.6 Å². The van der Waals surface area contributed by atoms with Crippen LogP contribution in [0, 0.1) is 17.2 Å². The van der Waals surface area contributed by atoms with Crippen molar-refractivity contribution in [2.45, 2.75) is 84.8 Å². The molecule has 1 aromatic rings. The van der Waals surface area contributed by atoms with E-state index < -0.39 is 59.3 Å². The lowest BCUT2D eigenvalue weighted by Gasteiger charge is -2.38. The molecule has 0 aliphatic carbocycles. The fraction of sp³-hybridized carbons (Fsp3) is 0.630. The summed E-state index contributed by atoms with van der Waals surface area (Å²) in [5, 5.41) is 5.53. The molecule has 3 amide bonds. The summed E-state index contributed by atoms with van der Waals surface area (Å²) in [4.78, 5) is 53.9. The van der Waals surface area contributed by atoms with Gasteiger partial charge in [0.2, 0.25) is 18.1 Å². The molecule has 2 aliphatic rings. The number of hydrogen-bond donors (Lipinski definition) is 2. The minimum Gasteiger partial charge on any atom is -0.494 e. The molecule has 2 aliphatic heterocycles. The van der Waals surface area contributed by atoms with Crippen LogP contribution >= 0.6 is 0 Å². The highest BCUT2D eigenvalue weighted by molar-refractivity contribution is 5.99. The van der Waals surface area contributed by atoms with Crippen molar-refractivity contribution in [1.82, 2.24) is 15.5 Å². The van der Waals surface area contributed by atoms with Crippen molar-refractivity contribution >= 4 is 23.7 Å². The molecule has 6 atom stereocenters. The van der Waals surface area contributed by atoms with Gasteiger partial charge in [0.1, 0.15) is 18.1 Å². The van der Waals surface area contributed by atoms with E-state index in [1.807, 2.05) is 13.8 Å². The third kappa shape index (κ3) is 6.09. The number of nitrogens with one attached hydrogen (secondary N) is 2. The van der Waals surface area contributed by atoms with Crippen LogP contribution in [0.4, 0.5) is 4.39 Å². The lowest BCUT2D eigenvalue weighted by Crippen LogP contribution is -2.60. The Balaban J connectivity index is 1.85. The maximum absolute atomic E-state index is 14.8. The van der Waals surface area contributed by atoms with Crippen molar-refractivity contribution in [2.75, 3.05) is 13.7 Å². The molecule has 2 fully saturated rings. The number of halogens is 1. The maximum atomic E-state index is 14.8. The van der Waals surface area contributed by atoms with Crippen molar-refractivity contribution < 1.29 is 37.8 Å². The third-order valence-electron chi connectivity index (χ3n) is 6.99. The number of cyclic esters (lactones) is 1. The second kappa shape index (κ2) is 11.7. The number of rotatable bonds is 8. The van der Waals surface area contributed by atoms with Gasteiger partial charge < -0.3 is 29.7 Å². The van der Waals surface area contributed by atoms with Crippen molar-refractivity contribution in [2.24, 2.45) is 11.3 Å². The number of carbonyl (C=O) groups excluding carboxylic acids is 4. The topological polar surface area (TPSA) is 123 Å². The first kappa shape index (κ1) is 29.3. The van der Waals surface area contributed by atoms with Gasteiger partial charge in [0.15, 0.2) is 11.6 Å². The second-order valence-corrected chi connectivity index (χ2v) is 11.0. The van der Waals surface area contributed by atoms with Gasteiger partial charge >= 0.3 is 5.97 Å². The Morgan fingerprint density at radius 1 is 1.24 bits per heavy atom. The molecule has 0 aromatic heterocycles. The van der Waals surface area contributed by atoms with E-state index in [1.54, 1.807) is 27.7 Å². The molecule has 210 valence electrons. The number of benzene rings is 1. The summed E-state index contributed by atoms with van der Waals surface area (Å²) in [7, 11) is 1.30. The number of likely N-dealkylation sites (tertiary alicyclic amines) is 1. The number of amides is 3. The lowest BCUT2D eigenvalue weighted by molar-refractivity contribution is -0.164. The molecular formula is C27H38FN3O7. The number of methoxy groups -OCH3 is 1. The van der Waals surface area contributed by atoms with Crippen LogP contribution in [0.1, 0.15) is 64.7 Å². The van der Waals surface area contributed by atoms with Gasteiger partial charge in [-0.15, -0.1) is 0 Å². The Hall–Kier alpha value is -3.21. The summed E-state index contributed by atoms with van der Waals surface area (Å²) < 4.78 is 30.3. The van der Waals surface area contributed by atoms with Crippen LogP contribution in [0.15, 0.2) is 18.2 Å². The maximum Gasteiger partial charge on any atom is 0.310 e. The Morgan fingerprint density at radius 3 is 2.53 bits per heavy atom. The Bertz CT molecular complexity index is 1070. The van der Waals surface area contributed by atoms with Gasteiger partial charge in [-0.25, -0.2) is 4.39 Å². The SMILES string of the molecule is CCOC1OC(=O)CC1NC(=O)C1C(C)CC(C)N1C(=O)C(NC(=O)c1cccc(OC)c1F)C(C)(C)C. The van der Waals surface area contributed by atoms with E-state index in [2.05, 4.69) is 10.6 Å². The van der Waals surface area contributed by atoms with Crippen LogP contribution < -0.4 is 15.4 Å². The molecule has 38 heavy (non-hydrogen) atoms. The smallest absolute Gasteiger partial charge is 0.310 e. The zero-order chi connectivity index (χ0) is 28.4. The van der Waals surface area contributed by atoms with E-state index >= 15 is 0 Å². The van der Waals surface area contributed by atoms with E-state index in [-0.39, 0.29) is 29.7 Å². The van der Waals surface area contributed by atoms with Gasteiger partial charge in [0, 0.05) is 12.6 Å². The van der Waals surface area contributed by atoms with Crippen molar-refractivity contribution in [3.63, 3.8) is 0 Å². The minimum atomic E-state index is -1.06. The highest BCUT2D eigenvalue weighted by Gasteiger charge is 2.49. The fourth-order valence-corrected chi connectivity index (χ4v) is 5.16. The zero-order valence-corrected chi connectivity index (χ0v) is 23.0. The molecule has 0 saturated carbocycles. The summed E-state index contributed by atoms with van der Waals surface area (Å²) in [5.74, 6) is -3.23. The van der Waals surface area contributed by atoms with E-state index in [0.29, 0.717) is 13.0 Å². The van der Waals surface area contributed by atoms with Crippen molar-refractivity contribution in [3.8, 4) is 5.75 Å². The van der Waals surface area contributed by atoms with Crippen molar-refractivity contribution in [1.29, 1.82) is 0 Å². The molecule has 0 radical (unpaired) electrons.